The summed E-state index contributed by atoms with van der Waals surface area (Å²) in [5, 5.41) is 4.85. The Kier molecular flexibility index (Phi) is 5.02. The van der Waals surface area contributed by atoms with Crippen LogP contribution in [0.2, 0.25) is 10.0 Å². The van der Waals surface area contributed by atoms with Crippen LogP contribution in [-0.2, 0) is 4.79 Å². The molecule has 2 heterocycles. The van der Waals surface area contributed by atoms with Crippen molar-refractivity contribution in [2.45, 2.75) is 12.8 Å². The van der Waals surface area contributed by atoms with Crippen molar-refractivity contribution < 1.29 is 4.79 Å². The molecule has 4 rings (SSSR count). The Bertz CT molecular complexity index is 926. The summed E-state index contributed by atoms with van der Waals surface area (Å²) in [5.41, 5.74) is 1.68. The fourth-order valence-corrected chi connectivity index (χ4v) is 4.48. The van der Waals surface area contributed by atoms with Crippen molar-refractivity contribution in [3.8, 4) is 0 Å². The smallest absolute Gasteiger partial charge is 0.229 e. The van der Waals surface area contributed by atoms with Crippen LogP contribution in [0.3, 0.4) is 0 Å². The monoisotopic (exact) mass is 405 g/mol. The number of fused-ring (bicyclic) bond motifs is 1. The highest BCUT2D eigenvalue weighted by Gasteiger charge is 2.27. The largest absolute Gasteiger partial charge is 0.347 e. The average Bonchev–Trinajstić information content (AvgIpc) is 3.09. The fourth-order valence-electron chi connectivity index (χ4n) is 3.18. The molecule has 0 saturated carbocycles. The van der Waals surface area contributed by atoms with Gasteiger partial charge >= 0.3 is 0 Å². The van der Waals surface area contributed by atoms with E-state index in [-0.39, 0.29) is 11.8 Å². The van der Waals surface area contributed by atoms with Crippen LogP contribution in [0.1, 0.15) is 12.8 Å². The lowest BCUT2D eigenvalue weighted by Crippen LogP contribution is -2.40. The summed E-state index contributed by atoms with van der Waals surface area (Å²) >= 11 is 13.6. The van der Waals surface area contributed by atoms with E-state index in [2.05, 4.69) is 16.3 Å². The van der Waals surface area contributed by atoms with Crippen LogP contribution in [0.15, 0.2) is 42.5 Å². The number of aromatic nitrogens is 1. The molecule has 1 N–H and O–H groups in total. The van der Waals surface area contributed by atoms with Crippen molar-refractivity contribution in [1.82, 2.24) is 4.98 Å². The number of piperidine rings is 1. The van der Waals surface area contributed by atoms with E-state index >= 15 is 0 Å². The van der Waals surface area contributed by atoms with Crippen LogP contribution in [0, 0.1) is 5.92 Å². The summed E-state index contributed by atoms with van der Waals surface area (Å²) < 4.78 is 1.17. The van der Waals surface area contributed by atoms with Crippen LogP contribution in [0.4, 0.5) is 10.8 Å². The number of nitrogens with one attached hydrogen (secondary N) is 1. The molecule has 7 heteroatoms. The number of amides is 1. The third-order valence-corrected chi connectivity index (χ3v) is 6.37. The van der Waals surface area contributed by atoms with Gasteiger partial charge < -0.3 is 10.2 Å². The van der Waals surface area contributed by atoms with E-state index < -0.39 is 0 Å². The summed E-state index contributed by atoms with van der Waals surface area (Å²) in [6.07, 6.45) is 1.84. The number of thiazole rings is 1. The molecule has 2 aromatic carbocycles. The van der Waals surface area contributed by atoms with Gasteiger partial charge in [0.25, 0.3) is 0 Å². The van der Waals surface area contributed by atoms with Crippen LogP contribution < -0.4 is 10.2 Å². The minimum absolute atomic E-state index is 0.00852. The van der Waals surface area contributed by atoms with Gasteiger partial charge in [0.1, 0.15) is 0 Å². The Morgan fingerprint density at radius 1 is 1.19 bits per heavy atom. The van der Waals surface area contributed by atoms with Crippen LogP contribution in [0.25, 0.3) is 10.2 Å². The van der Waals surface area contributed by atoms with E-state index in [0.717, 1.165) is 30.0 Å². The van der Waals surface area contributed by atoms with E-state index in [4.69, 9.17) is 28.2 Å². The zero-order valence-corrected chi connectivity index (χ0v) is 16.2. The van der Waals surface area contributed by atoms with E-state index in [1.165, 1.54) is 4.70 Å². The van der Waals surface area contributed by atoms with Crippen LogP contribution in [0.5, 0.6) is 0 Å². The van der Waals surface area contributed by atoms with Crippen LogP contribution >= 0.6 is 34.5 Å². The quantitative estimate of drug-likeness (QED) is 0.629. The molecule has 0 bridgehead atoms. The van der Waals surface area contributed by atoms with Gasteiger partial charge in [-0.05, 0) is 43.2 Å². The highest BCUT2D eigenvalue weighted by atomic mass is 35.5. The van der Waals surface area contributed by atoms with Crippen molar-refractivity contribution in [2.75, 3.05) is 23.3 Å². The van der Waals surface area contributed by atoms with Crippen molar-refractivity contribution >= 4 is 61.5 Å². The van der Waals surface area contributed by atoms with Gasteiger partial charge in [0, 0.05) is 18.8 Å². The van der Waals surface area contributed by atoms with Crippen molar-refractivity contribution in [3.05, 3.63) is 52.5 Å². The topological polar surface area (TPSA) is 45.2 Å². The number of hydrogen-bond donors (Lipinski definition) is 1. The molecule has 1 atom stereocenters. The highest BCUT2D eigenvalue weighted by Crippen LogP contribution is 2.32. The van der Waals surface area contributed by atoms with Crippen molar-refractivity contribution in [1.29, 1.82) is 0 Å². The first kappa shape index (κ1) is 17.6. The Hall–Kier alpha value is -1.82. The standard InChI is InChI=1S/C19H17Cl2N3OS/c20-14-8-7-13(10-15(14)21)22-18(25)12-4-3-9-24(11-12)19-23-16-5-1-2-6-17(16)26-19/h1-2,5-8,10,12H,3-4,9,11H2,(H,22,25). The maximum atomic E-state index is 12.7. The Morgan fingerprint density at radius 3 is 2.85 bits per heavy atom. The SMILES string of the molecule is O=C(Nc1ccc(Cl)c(Cl)c1)C1CCCN(c2nc3ccccc3s2)C1. The first-order valence-electron chi connectivity index (χ1n) is 8.46. The molecule has 0 radical (unpaired) electrons. The zero-order valence-electron chi connectivity index (χ0n) is 13.9. The second kappa shape index (κ2) is 7.43. The average molecular weight is 406 g/mol. The van der Waals surface area contributed by atoms with Gasteiger partial charge in [-0.2, -0.15) is 0 Å². The minimum Gasteiger partial charge on any atom is -0.347 e. The van der Waals surface area contributed by atoms with Gasteiger partial charge in [0.2, 0.25) is 5.91 Å². The van der Waals surface area contributed by atoms with Gasteiger partial charge in [0.05, 0.1) is 26.2 Å². The molecule has 3 aromatic rings. The van der Waals surface area contributed by atoms with Crippen molar-refractivity contribution in [2.24, 2.45) is 5.92 Å². The summed E-state index contributed by atoms with van der Waals surface area (Å²) in [4.78, 5) is 19.6. The molecule has 26 heavy (non-hydrogen) atoms. The lowest BCUT2D eigenvalue weighted by molar-refractivity contribution is -0.120. The molecule has 1 fully saturated rings. The second-order valence-electron chi connectivity index (χ2n) is 6.37. The summed E-state index contributed by atoms with van der Waals surface area (Å²) in [6.45, 7) is 1.60. The predicted molar refractivity (Wildman–Crippen MR) is 110 cm³/mol. The Labute approximate surface area is 165 Å². The first-order chi connectivity index (χ1) is 12.6. The molecule has 1 saturated heterocycles. The molecular formula is C19H17Cl2N3OS. The number of anilines is 2. The Morgan fingerprint density at radius 2 is 2.04 bits per heavy atom. The van der Waals surface area contributed by atoms with E-state index in [9.17, 15) is 4.79 Å². The summed E-state index contributed by atoms with van der Waals surface area (Å²) in [6, 6.07) is 13.2. The van der Waals surface area contributed by atoms with E-state index in [0.29, 0.717) is 22.3 Å². The third-order valence-electron chi connectivity index (χ3n) is 4.53. The third kappa shape index (κ3) is 3.65. The molecule has 1 aliphatic heterocycles. The summed E-state index contributed by atoms with van der Waals surface area (Å²) in [7, 11) is 0. The molecule has 0 aliphatic carbocycles. The molecule has 4 nitrogen and oxygen atoms in total. The zero-order chi connectivity index (χ0) is 18.1. The van der Waals surface area contributed by atoms with Gasteiger partial charge in [-0.25, -0.2) is 4.98 Å². The fraction of sp³-hybridized carbons (Fsp3) is 0.263. The molecule has 1 aliphatic rings. The molecule has 0 spiro atoms. The number of hydrogen-bond acceptors (Lipinski definition) is 4. The number of halogens is 2. The van der Waals surface area contributed by atoms with E-state index in [1.54, 1.807) is 29.5 Å². The first-order valence-corrected chi connectivity index (χ1v) is 10.0. The normalized spacial score (nSPS) is 17.5. The molecular weight excluding hydrogens is 389 g/mol. The Balaban J connectivity index is 1.47. The number of benzene rings is 2. The van der Waals surface area contributed by atoms with Gasteiger partial charge in [-0.3, -0.25) is 4.79 Å². The number of carbonyl (C=O) groups is 1. The lowest BCUT2D eigenvalue weighted by Gasteiger charge is -2.31. The number of para-hydroxylation sites is 1. The van der Waals surface area contributed by atoms with Gasteiger partial charge in [-0.15, -0.1) is 0 Å². The minimum atomic E-state index is -0.0785. The van der Waals surface area contributed by atoms with Crippen molar-refractivity contribution in [3.63, 3.8) is 0 Å². The van der Waals surface area contributed by atoms with Gasteiger partial charge in [-0.1, -0.05) is 46.7 Å². The number of nitrogens with zero attached hydrogens (tertiary/aromatic N) is 2. The van der Waals surface area contributed by atoms with Gasteiger partial charge in [0.15, 0.2) is 5.13 Å². The maximum absolute atomic E-state index is 12.7. The molecule has 134 valence electrons. The molecule has 1 unspecified atom stereocenters. The maximum Gasteiger partial charge on any atom is 0.229 e. The second-order valence-corrected chi connectivity index (χ2v) is 8.19. The number of rotatable bonds is 3. The molecule has 1 aromatic heterocycles. The van der Waals surface area contributed by atoms with E-state index in [1.807, 2.05) is 18.2 Å². The highest BCUT2D eigenvalue weighted by molar-refractivity contribution is 7.22. The number of carbonyl (C=O) groups excluding carboxylic acids is 1. The van der Waals surface area contributed by atoms with Crippen LogP contribution in [-0.4, -0.2) is 24.0 Å². The lowest BCUT2D eigenvalue weighted by atomic mass is 9.97. The molecule has 1 amide bonds. The summed E-state index contributed by atoms with van der Waals surface area (Å²) in [5.74, 6) is -0.0700. The predicted octanol–water partition coefficient (Wildman–Crippen LogP) is 5.46.